The van der Waals surface area contributed by atoms with Crippen LogP contribution in [0.1, 0.15) is 34.4 Å². The molecule has 0 aliphatic carbocycles. The molecule has 0 fully saturated rings. The summed E-state index contributed by atoms with van der Waals surface area (Å²) in [6.45, 7) is 3.03. The van der Waals surface area contributed by atoms with E-state index in [1.165, 1.54) is 24.7 Å². The number of rotatable bonds is 5. The summed E-state index contributed by atoms with van der Waals surface area (Å²) in [4.78, 5) is 15.6. The fourth-order valence-electron chi connectivity index (χ4n) is 2.55. The number of hydrogen-bond acceptors (Lipinski definition) is 7. The highest BCUT2D eigenvalue weighted by Gasteiger charge is 2.35. The molecule has 27 heavy (non-hydrogen) atoms. The van der Waals surface area contributed by atoms with Gasteiger partial charge in [0.25, 0.3) is 0 Å². The van der Waals surface area contributed by atoms with Gasteiger partial charge in [-0.15, -0.1) is 0 Å². The summed E-state index contributed by atoms with van der Waals surface area (Å²) in [5.74, 6) is -0.793. The van der Waals surface area contributed by atoms with E-state index in [1.807, 2.05) is 0 Å². The average Bonchev–Trinajstić information content (AvgIpc) is 3.17. The molecule has 11 heteroatoms. The molecule has 0 saturated heterocycles. The normalized spacial score (nSPS) is 11.8. The fraction of sp³-hybridized carbons (Fsp3) is 0.375. The van der Waals surface area contributed by atoms with Crippen molar-refractivity contribution in [1.82, 2.24) is 19.9 Å². The number of halogens is 3. The van der Waals surface area contributed by atoms with Crippen LogP contribution in [0.3, 0.4) is 0 Å². The molecule has 3 aromatic rings. The van der Waals surface area contributed by atoms with Gasteiger partial charge in [-0.05, 0) is 13.8 Å². The molecular weight excluding hydrogens is 369 g/mol. The molecule has 0 spiro atoms. The van der Waals surface area contributed by atoms with E-state index in [4.69, 9.17) is 14.0 Å². The van der Waals surface area contributed by atoms with Gasteiger partial charge < -0.3 is 14.0 Å². The Morgan fingerprint density at radius 1 is 1.33 bits per heavy atom. The lowest BCUT2D eigenvalue weighted by Crippen LogP contribution is -2.08. The first-order chi connectivity index (χ1) is 12.7. The molecule has 0 aliphatic heterocycles. The van der Waals surface area contributed by atoms with Crippen LogP contribution < -0.4 is 4.74 Å². The predicted octanol–water partition coefficient (Wildman–Crippen LogP) is 3.04. The number of fused-ring (bicyclic) bond motifs is 1. The SMILES string of the molecule is CCOC(=O)c1cc(COc2cc(C(F)(F)F)c3c(C)nn(C)c3n2)on1. The molecule has 3 heterocycles. The van der Waals surface area contributed by atoms with Crippen LogP contribution in [0.25, 0.3) is 11.0 Å². The third-order valence-electron chi connectivity index (χ3n) is 3.66. The summed E-state index contributed by atoms with van der Waals surface area (Å²) in [5, 5.41) is 7.43. The first-order valence-electron chi connectivity index (χ1n) is 7.87. The second-order valence-corrected chi connectivity index (χ2v) is 5.60. The minimum Gasteiger partial charge on any atom is -0.469 e. The summed E-state index contributed by atoms with van der Waals surface area (Å²) < 4.78 is 56.5. The lowest BCUT2D eigenvalue weighted by Gasteiger charge is -2.11. The summed E-state index contributed by atoms with van der Waals surface area (Å²) in [6.07, 6.45) is -4.60. The summed E-state index contributed by atoms with van der Waals surface area (Å²) in [7, 11) is 1.49. The third kappa shape index (κ3) is 3.71. The van der Waals surface area contributed by atoms with Gasteiger partial charge in [-0.25, -0.2) is 4.79 Å². The molecule has 144 valence electrons. The highest BCUT2D eigenvalue weighted by Crippen LogP contribution is 2.37. The zero-order valence-corrected chi connectivity index (χ0v) is 14.6. The minimum absolute atomic E-state index is 0.0436. The van der Waals surface area contributed by atoms with Crippen molar-refractivity contribution >= 4 is 17.0 Å². The van der Waals surface area contributed by atoms with E-state index >= 15 is 0 Å². The molecule has 0 aromatic carbocycles. The monoisotopic (exact) mass is 384 g/mol. The first kappa shape index (κ1) is 18.7. The molecule has 0 amide bonds. The van der Waals surface area contributed by atoms with E-state index in [0.29, 0.717) is 0 Å². The van der Waals surface area contributed by atoms with Crippen LogP contribution in [0.15, 0.2) is 16.7 Å². The van der Waals surface area contributed by atoms with Crippen LogP contribution in [0.4, 0.5) is 13.2 Å². The smallest absolute Gasteiger partial charge is 0.417 e. The van der Waals surface area contributed by atoms with Crippen molar-refractivity contribution in [3.8, 4) is 5.88 Å². The first-order valence-corrected chi connectivity index (χ1v) is 7.87. The largest absolute Gasteiger partial charge is 0.469 e. The number of aromatic nitrogens is 4. The number of esters is 1. The van der Waals surface area contributed by atoms with Gasteiger partial charge in [0.05, 0.1) is 23.3 Å². The molecule has 0 unspecified atom stereocenters. The molecule has 3 rings (SSSR count). The van der Waals surface area contributed by atoms with Crippen molar-refractivity contribution in [3.05, 3.63) is 34.8 Å². The van der Waals surface area contributed by atoms with Gasteiger partial charge in [0.1, 0.15) is 0 Å². The number of aryl methyl sites for hydroxylation is 2. The van der Waals surface area contributed by atoms with Crippen molar-refractivity contribution < 1.29 is 32.0 Å². The molecule has 0 saturated carbocycles. The third-order valence-corrected chi connectivity index (χ3v) is 3.66. The number of carbonyl (C=O) groups excluding carboxylic acids is 1. The van der Waals surface area contributed by atoms with E-state index in [1.54, 1.807) is 6.92 Å². The predicted molar refractivity (Wildman–Crippen MR) is 85.0 cm³/mol. The van der Waals surface area contributed by atoms with E-state index in [0.717, 1.165) is 6.07 Å². The van der Waals surface area contributed by atoms with Crippen LogP contribution in [-0.4, -0.2) is 32.5 Å². The van der Waals surface area contributed by atoms with Gasteiger partial charge >= 0.3 is 12.1 Å². The molecule has 0 N–H and O–H groups in total. The maximum absolute atomic E-state index is 13.4. The lowest BCUT2D eigenvalue weighted by molar-refractivity contribution is -0.136. The number of ether oxygens (including phenoxy) is 2. The van der Waals surface area contributed by atoms with Crippen LogP contribution in [0, 0.1) is 6.92 Å². The second-order valence-electron chi connectivity index (χ2n) is 5.60. The Labute approximate surface area is 150 Å². The average molecular weight is 384 g/mol. The van der Waals surface area contributed by atoms with Crippen molar-refractivity contribution in [1.29, 1.82) is 0 Å². The van der Waals surface area contributed by atoms with Gasteiger partial charge in [-0.3, -0.25) is 4.68 Å². The van der Waals surface area contributed by atoms with Crippen molar-refractivity contribution in [2.24, 2.45) is 7.05 Å². The molecular formula is C16H15F3N4O4. The Hall–Kier alpha value is -3.11. The summed E-state index contributed by atoms with van der Waals surface area (Å²) in [5.41, 5.74) is -0.690. The molecule has 0 aliphatic rings. The number of nitrogens with zero attached hydrogens (tertiary/aromatic N) is 4. The van der Waals surface area contributed by atoms with Crippen LogP contribution in [-0.2, 0) is 24.6 Å². The number of alkyl halides is 3. The maximum Gasteiger partial charge on any atom is 0.417 e. The number of pyridine rings is 1. The second kappa shape index (κ2) is 6.89. The lowest BCUT2D eigenvalue weighted by atomic mass is 10.1. The Morgan fingerprint density at radius 3 is 2.74 bits per heavy atom. The quantitative estimate of drug-likeness (QED) is 0.624. The van der Waals surface area contributed by atoms with E-state index in [9.17, 15) is 18.0 Å². The highest BCUT2D eigenvalue weighted by molar-refractivity contribution is 5.87. The summed E-state index contributed by atoms with van der Waals surface area (Å²) in [6, 6.07) is 2.09. The van der Waals surface area contributed by atoms with E-state index < -0.39 is 17.7 Å². The molecule has 3 aromatic heterocycles. The van der Waals surface area contributed by atoms with Crippen LogP contribution >= 0.6 is 0 Å². The van der Waals surface area contributed by atoms with Crippen LogP contribution in [0.2, 0.25) is 0 Å². The molecule has 8 nitrogen and oxygen atoms in total. The number of carbonyl (C=O) groups is 1. The summed E-state index contributed by atoms with van der Waals surface area (Å²) >= 11 is 0. The Balaban J connectivity index is 1.87. The highest BCUT2D eigenvalue weighted by atomic mass is 19.4. The molecule has 0 radical (unpaired) electrons. The topological polar surface area (TPSA) is 92.3 Å². The van der Waals surface area contributed by atoms with Crippen LogP contribution in [0.5, 0.6) is 5.88 Å². The van der Waals surface area contributed by atoms with Crippen molar-refractivity contribution in [3.63, 3.8) is 0 Å². The fourth-order valence-corrected chi connectivity index (χ4v) is 2.55. The zero-order chi connectivity index (χ0) is 19.8. The number of hydrogen-bond donors (Lipinski definition) is 0. The van der Waals surface area contributed by atoms with Crippen molar-refractivity contribution in [2.75, 3.05) is 6.61 Å². The van der Waals surface area contributed by atoms with E-state index in [2.05, 4.69) is 15.2 Å². The van der Waals surface area contributed by atoms with Gasteiger partial charge in [0, 0.05) is 19.2 Å². The Bertz CT molecular complexity index is 994. The Morgan fingerprint density at radius 2 is 2.07 bits per heavy atom. The van der Waals surface area contributed by atoms with Gasteiger partial charge in [-0.1, -0.05) is 5.16 Å². The van der Waals surface area contributed by atoms with Gasteiger partial charge in [0.2, 0.25) is 5.88 Å². The molecule has 0 atom stereocenters. The van der Waals surface area contributed by atoms with Gasteiger partial charge in [0.15, 0.2) is 23.7 Å². The molecule has 0 bridgehead atoms. The van der Waals surface area contributed by atoms with E-state index in [-0.39, 0.29) is 47.3 Å². The standard InChI is InChI=1S/C16H15F3N4O4/c1-4-25-15(24)11-5-9(27-22-11)7-26-12-6-10(16(17,18)19)13-8(2)21-23(3)14(13)20-12/h5-6H,4,7H2,1-3H3. The minimum atomic E-state index is -4.60. The Kier molecular flexibility index (Phi) is 4.77. The zero-order valence-electron chi connectivity index (χ0n) is 14.6. The van der Waals surface area contributed by atoms with Gasteiger partial charge in [-0.2, -0.15) is 23.3 Å². The maximum atomic E-state index is 13.4. The van der Waals surface area contributed by atoms with Crippen molar-refractivity contribution in [2.45, 2.75) is 26.6 Å².